The van der Waals surface area contributed by atoms with Gasteiger partial charge in [-0.1, -0.05) is 6.07 Å². The van der Waals surface area contributed by atoms with Gasteiger partial charge < -0.3 is 23.7 Å². The van der Waals surface area contributed by atoms with Gasteiger partial charge in [-0.25, -0.2) is 0 Å². The van der Waals surface area contributed by atoms with Crippen LogP contribution in [0.5, 0.6) is 11.5 Å². The molecule has 1 aromatic carbocycles. The molecule has 144 valence electrons. The third-order valence-corrected chi connectivity index (χ3v) is 3.84. The van der Waals surface area contributed by atoms with Gasteiger partial charge >= 0.3 is 5.97 Å². The van der Waals surface area contributed by atoms with Crippen LogP contribution in [0.25, 0.3) is 0 Å². The minimum atomic E-state index is -0.892. The van der Waals surface area contributed by atoms with Crippen LogP contribution in [0.3, 0.4) is 0 Å². The molecule has 0 bridgehead atoms. The van der Waals surface area contributed by atoms with Gasteiger partial charge in [0.2, 0.25) is 0 Å². The van der Waals surface area contributed by atoms with E-state index >= 15 is 0 Å². The van der Waals surface area contributed by atoms with E-state index in [1.165, 1.54) is 28.4 Å². The van der Waals surface area contributed by atoms with Gasteiger partial charge in [0.25, 0.3) is 5.78 Å². The van der Waals surface area contributed by atoms with Crippen LogP contribution in [0.4, 0.5) is 0 Å². The lowest BCUT2D eigenvalue weighted by atomic mass is 10.0. The van der Waals surface area contributed by atoms with E-state index in [1.54, 1.807) is 18.2 Å². The average molecular weight is 376 g/mol. The molecule has 1 unspecified atom stereocenters. The van der Waals surface area contributed by atoms with Crippen molar-refractivity contribution in [2.75, 3.05) is 28.4 Å². The largest absolute Gasteiger partial charge is 0.493 e. The zero-order chi connectivity index (χ0) is 20.0. The number of ketones is 2. The Morgan fingerprint density at radius 3 is 2.19 bits per heavy atom. The molecule has 0 amide bonds. The lowest BCUT2D eigenvalue weighted by molar-refractivity contribution is -0.143. The third kappa shape index (κ3) is 4.66. The molecule has 1 atom stereocenters. The molecular weight excluding hydrogens is 356 g/mol. The van der Waals surface area contributed by atoms with Crippen molar-refractivity contribution in [3.8, 4) is 11.5 Å². The summed E-state index contributed by atoms with van der Waals surface area (Å²) < 4.78 is 25.8. The fraction of sp³-hybridized carbons (Fsp3) is 0.316. The highest BCUT2D eigenvalue weighted by atomic mass is 16.5. The number of carbonyl (C=O) groups excluding carboxylic acids is 3. The van der Waals surface area contributed by atoms with Crippen LogP contribution in [-0.2, 0) is 28.6 Å². The predicted octanol–water partition coefficient (Wildman–Crippen LogP) is 1.89. The van der Waals surface area contributed by atoms with Crippen LogP contribution in [-0.4, -0.2) is 46.0 Å². The zero-order valence-corrected chi connectivity index (χ0v) is 15.4. The van der Waals surface area contributed by atoms with Crippen LogP contribution in [0.15, 0.2) is 41.9 Å². The van der Waals surface area contributed by atoms with Gasteiger partial charge in [-0.05, 0) is 17.7 Å². The van der Waals surface area contributed by atoms with E-state index in [2.05, 4.69) is 0 Å². The number of benzene rings is 1. The van der Waals surface area contributed by atoms with E-state index in [-0.39, 0.29) is 17.9 Å². The molecule has 0 spiro atoms. The van der Waals surface area contributed by atoms with Crippen molar-refractivity contribution in [2.24, 2.45) is 0 Å². The molecule has 8 nitrogen and oxygen atoms in total. The van der Waals surface area contributed by atoms with Gasteiger partial charge in [-0.2, -0.15) is 0 Å². The molecule has 0 radical (unpaired) electrons. The Morgan fingerprint density at radius 2 is 1.59 bits per heavy atom. The molecule has 2 rings (SSSR count). The Labute approximate surface area is 156 Å². The molecule has 27 heavy (non-hydrogen) atoms. The summed E-state index contributed by atoms with van der Waals surface area (Å²) in [5.74, 6) is -1.04. The number of esters is 1. The van der Waals surface area contributed by atoms with Crippen molar-refractivity contribution < 1.29 is 38.1 Å². The molecule has 0 heterocycles. The molecule has 8 heteroatoms. The molecule has 0 saturated heterocycles. The van der Waals surface area contributed by atoms with E-state index < -0.39 is 23.6 Å². The van der Waals surface area contributed by atoms with Crippen molar-refractivity contribution in [3.05, 3.63) is 47.4 Å². The van der Waals surface area contributed by atoms with E-state index in [0.717, 1.165) is 12.2 Å². The first kappa shape index (κ1) is 20.0. The van der Waals surface area contributed by atoms with E-state index in [4.69, 9.17) is 23.7 Å². The van der Waals surface area contributed by atoms with Crippen molar-refractivity contribution in [1.29, 1.82) is 0 Å². The summed E-state index contributed by atoms with van der Waals surface area (Å²) in [5.41, 5.74) is 0.535. The smallest absolute Gasteiger partial charge is 0.309 e. The van der Waals surface area contributed by atoms with Crippen LogP contribution in [0.2, 0.25) is 0 Å². The standard InChI is InChI=1S/C19H20O8/c1-23-13-6-5-11(7-15(13)24-2)14(10-18(21)26-4)27-17-9-12(20)8-16(25-3)19(17)22/h5-9,14H,10H2,1-4H3. The average Bonchev–Trinajstić information content (AvgIpc) is 2.68. The summed E-state index contributed by atoms with van der Waals surface area (Å²) in [6.07, 6.45) is 1.05. The maximum atomic E-state index is 12.3. The SMILES string of the molecule is COC(=O)CC(OC1=CC(=O)C=C(OC)C1=O)c1ccc(OC)c(OC)c1. The Hall–Kier alpha value is -3.29. The minimum Gasteiger partial charge on any atom is -0.493 e. The molecule has 0 aromatic heterocycles. The maximum absolute atomic E-state index is 12.3. The first-order valence-electron chi connectivity index (χ1n) is 7.94. The summed E-state index contributed by atoms with van der Waals surface area (Å²) in [4.78, 5) is 35.9. The van der Waals surface area contributed by atoms with Crippen molar-refractivity contribution in [3.63, 3.8) is 0 Å². The monoisotopic (exact) mass is 376 g/mol. The van der Waals surface area contributed by atoms with E-state index in [1.807, 2.05) is 0 Å². The summed E-state index contributed by atoms with van der Waals surface area (Å²) in [6.45, 7) is 0. The van der Waals surface area contributed by atoms with Gasteiger partial charge in [-0.3, -0.25) is 14.4 Å². The van der Waals surface area contributed by atoms with Gasteiger partial charge in [0.1, 0.15) is 6.10 Å². The Kier molecular flexibility index (Phi) is 6.59. The second-order valence-electron chi connectivity index (χ2n) is 5.45. The Balaban J connectivity index is 2.37. The van der Waals surface area contributed by atoms with Crippen LogP contribution >= 0.6 is 0 Å². The summed E-state index contributed by atoms with van der Waals surface area (Å²) >= 11 is 0. The number of Topliss-reactive ketones (excluding diaryl/α,β-unsaturated/α-hetero) is 1. The number of carbonyl (C=O) groups is 3. The van der Waals surface area contributed by atoms with Gasteiger partial charge in [0.15, 0.2) is 28.8 Å². The molecule has 1 aliphatic carbocycles. The number of ether oxygens (including phenoxy) is 5. The lowest BCUT2D eigenvalue weighted by Crippen LogP contribution is -2.21. The fourth-order valence-corrected chi connectivity index (χ4v) is 2.46. The second-order valence-corrected chi connectivity index (χ2v) is 5.45. The first-order valence-corrected chi connectivity index (χ1v) is 7.94. The van der Waals surface area contributed by atoms with Gasteiger partial charge in [-0.15, -0.1) is 0 Å². The van der Waals surface area contributed by atoms with Crippen molar-refractivity contribution in [2.45, 2.75) is 12.5 Å². The molecule has 0 saturated carbocycles. The number of methoxy groups -OCH3 is 4. The quantitative estimate of drug-likeness (QED) is 0.501. The Bertz CT molecular complexity index is 806. The molecule has 0 aliphatic heterocycles. The summed E-state index contributed by atoms with van der Waals surface area (Å²) in [6, 6.07) is 4.93. The van der Waals surface area contributed by atoms with Crippen molar-refractivity contribution in [1.82, 2.24) is 0 Å². The highest BCUT2D eigenvalue weighted by Gasteiger charge is 2.29. The fourth-order valence-electron chi connectivity index (χ4n) is 2.46. The predicted molar refractivity (Wildman–Crippen MR) is 93.2 cm³/mol. The highest BCUT2D eigenvalue weighted by molar-refractivity contribution is 6.18. The maximum Gasteiger partial charge on any atom is 0.309 e. The highest BCUT2D eigenvalue weighted by Crippen LogP contribution is 2.34. The molecular formula is C19H20O8. The molecule has 1 aromatic rings. The topological polar surface area (TPSA) is 97.4 Å². The molecule has 1 aliphatic rings. The van der Waals surface area contributed by atoms with Crippen LogP contribution in [0, 0.1) is 0 Å². The lowest BCUT2D eigenvalue weighted by Gasteiger charge is -2.22. The number of allylic oxidation sites excluding steroid dienone is 2. The van der Waals surface area contributed by atoms with Crippen LogP contribution in [0.1, 0.15) is 18.1 Å². The second kappa shape index (κ2) is 8.88. The first-order chi connectivity index (χ1) is 12.9. The van der Waals surface area contributed by atoms with Crippen molar-refractivity contribution >= 4 is 17.5 Å². The number of hydrogen-bond donors (Lipinski definition) is 0. The Morgan fingerprint density at radius 1 is 0.926 bits per heavy atom. The third-order valence-electron chi connectivity index (χ3n) is 3.84. The molecule has 0 N–H and O–H groups in total. The van der Waals surface area contributed by atoms with Crippen LogP contribution < -0.4 is 9.47 Å². The number of rotatable bonds is 8. The van der Waals surface area contributed by atoms with Gasteiger partial charge in [0.05, 0.1) is 34.9 Å². The normalized spacial score (nSPS) is 14.7. The molecule has 0 fully saturated rings. The van der Waals surface area contributed by atoms with Gasteiger partial charge in [0, 0.05) is 12.2 Å². The summed E-state index contributed by atoms with van der Waals surface area (Å²) in [7, 11) is 5.49. The minimum absolute atomic E-state index is 0.137. The van der Waals surface area contributed by atoms with E-state index in [0.29, 0.717) is 17.1 Å². The summed E-state index contributed by atoms with van der Waals surface area (Å²) in [5, 5.41) is 0. The zero-order valence-electron chi connectivity index (χ0n) is 15.4. The van der Waals surface area contributed by atoms with E-state index in [9.17, 15) is 14.4 Å². The number of hydrogen-bond acceptors (Lipinski definition) is 8.